The van der Waals surface area contributed by atoms with Crippen LogP contribution in [-0.4, -0.2) is 45.0 Å². The fraction of sp³-hybridized carbons (Fsp3) is 1.00. The SMILES string of the molecule is CCC(CSC)NCCS(C)(=O)=O. The zero-order valence-electron chi connectivity index (χ0n) is 8.54. The van der Waals surface area contributed by atoms with Gasteiger partial charge in [-0.3, -0.25) is 0 Å². The molecule has 0 radical (unpaired) electrons. The summed E-state index contributed by atoms with van der Waals surface area (Å²) >= 11 is 1.78. The van der Waals surface area contributed by atoms with Crippen LogP contribution in [0.2, 0.25) is 0 Å². The lowest BCUT2D eigenvalue weighted by Gasteiger charge is -2.14. The van der Waals surface area contributed by atoms with E-state index in [0.717, 1.165) is 12.2 Å². The molecular formula is C8H19NO2S2. The predicted octanol–water partition coefficient (Wildman–Crippen LogP) is 0.762. The molecule has 0 aromatic carbocycles. The number of nitrogens with one attached hydrogen (secondary N) is 1. The van der Waals surface area contributed by atoms with E-state index in [0.29, 0.717) is 12.6 Å². The molecule has 1 atom stereocenters. The summed E-state index contributed by atoms with van der Waals surface area (Å²) in [4.78, 5) is 0. The summed E-state index contributed by atoms with van der Waals surface area (Å²) in [7, 11) is -2.81. The predicted molar refractivity (Wildman–Crippen MR) is 60.2 cm³/mol. The van der Waals surface area contributed by atoms with Crippen LogP contribution in [0.5, 0.6) is 0 Å². The molecule has 0 saturated carbocycles. The Kier molecular flexibility index (Phi) is 6.81. The van der Waals surface area contributed by atoms with Crippen LogP contribution in [0.15, 0.2) is 0 Å². The van der Waals surface area contributed by atoms with Crippen molar-refractivity contribution in [3.05, 3.63) is 0 Å². The minimum atomic E-state index is -2.81. The molecular weight excluding hydrogens is 206 g/mol. The molecule has 0 aliphatic heterocycles. The normalized spacial score (nSPS) is 14.4. The van der Waals surface area contributed by atoms with Crippen molar-refractivity contribution in [2.24, 2.45) is 0 Å². The third-order valence-electron chi connectivity index (χ3n) is 1.77. The van der Waals surface area contributed by atoms with Crippen molar-refractivity contribution < 1.29 is 8.42 Å². The summed E-state index contributed by atoms with van der Waals surface area (Å²) < 4.78 is 21.6. The van der Waals surface area contributed by atoms with Crippen LogP contribution < -0.4 is 5.32 Å². The Morgan fingerprint density at radius 1 is 1.46 bits per heavy atom. The molecule has 0 aromatic heterocycles. The highest BCUT2D eigenvalue weighted by Gasteiger charge is 2.06. The Bertz CT molecular complexity index is 214. The van der Waals surface area contributed by atoms with Gasteiger partial charge in [0, 0.05) is 24.6 Å². The molecule has 0 saturated heterocycles. The van der Waals surface area contributed by atoms with E-state index in [4.69, 9.17) is 0 Å². The number of rotatable bonds is 7. The van der Waals surface area contributed by atoms with Crippen LogP contribution in [0.25, 0.3) is 0 Å². The summed E-state index contributed by atoms with van der Waals surface area (Å²) in [6.07, 6.45) is 4.37. The van der Waals surface area contributed by atoms with Crippen molar-refractivity contribution in [1.82, 2.24) is 5.32 Å². The fourth-order valence-corrected chi connectivity index (χ4v) is 2.22. The molecule has 0 bridgehead atoms. The molecule has 0 fully saturated rings. The van der Waals surface area contributed by atoms with E-state index in [-0.39, 0.29) is 5.75 Å². The standard InChI is InChI=1S/C8H19NO2S2/c1-4-8(7-12-2)9-5-6-13(3,10)11/h8-9H,4-7H2,1-3H3. The molecule has 0 aromatic rings. The zero-order valence-corrected chi connectivity index (χ0v) is 10.2. The van der Waals surface area contributed by atoms with Crippen molar-refractivity contribution in [3.63, 3.8) is 0 Å². The van der Waals surface area contributed by atoms with Gasteiger partial charge in [-0.2, -0.15) is 11.8 Å². The summed E-state index contributed by atoms with van der Waals surface area (Å²) in [5, 5.41) is 3.23. The van der Waals surface area contributed by atoms with Gasteiger partial charge in [-0.25, -0.2) is 8.42 Å². The smallest absolute Gasteiger partial charge is 0.148 e. The van der Waals surface area contributed by atoms with Crippen LogP contribution in [0.3, 0.4) is 0 Å². The average Bonchev–Trinajstić information content (AvgIpc) is 2.01. The first-order valence-corrected chi connectivity index (χ1v) is 7.85. The van der Waals surface area contributed by atoms with Gasteiger partial charge in [0.25, 0.3) is 0 Å². The maximum Gasteiger partial charge on any atom is 0.148 e. The highest BCUT2D eigenvalue weighted by Crippen LogP contribution is 2.00. The largest absolute Gasteiger partial charge is 0.312 e. The quantitative estimate of drug-likeness (QED) is 0.695. The first kappa shape index (κ1) is 13.3. The maximum atomic E-state index is 10.8. The van der Waals surface area contributed by atoms with Crippen LogP contribution >= 0.6 is 11.8 Å². The van der Waals surface area contributed by atoms with Gasteiger partial charge in [0.1, 0.15) is 9.84 Å². The molecule has 1 N–H and O–H groups in total. The van der Waals surface area contributed by atoms with Gasteiger partial charge in [-0.1, -0.05) is 6.92 Å². The van der Waals surface area contributed by atoms with Gasteiger partial charge in [-0.05, 0) is 12.7 Å². The molecule has 0 aliphatic rings. The first-order chi connectivity index (χ1) is 5.99. The van der Waals surface area contributed by atoms with Gasteiger partial charge in [0.2, 0.25) is 0 Å². The number of sulfone groups is 1. The Balaban J connectivity index is 3.61. The molecule has 3 nitrogen and oxygen atoms in total. The lowest BCUT2D eigenvalue weighted by molar-refractivity contribution is 0.552. The van der Waals surface area contributed by atoms with E-state index in [9.17, 15) is 8.42 Å². The topological polar surface area (TPSA) is 46.2 Å². The van der Waals surface area contributed by atoms with Gasteiger partial charge in [0.05, 0.1) is 5.75 Å². The summed E-state index contributed by atoms with van der Waals surface area (Å²) in [6, 6.07) is 0.441. The second-order valence-corrected chi connectivity index (χ2v) is 6.31. The minimum Gasteiger partial charge on any atom is -0.312 e. The van der Waals surface area contributed by atoms with Crippen LogP contribution in [-0.2, 0) is 9.84 Å². The number of hydrogen-bond acceptors (Lipinski definition) is 4. The minimum absolute atomic E-state index is 0.234. The van der Waals surface area contributed by atoms with E-state index >= 15 is 0 Å². The highest BCUT2D eigenvalue weighted by atomic mass is 32.2. The van der Waals surface area contributed by atoms with Crippen LogP contribution in [0.4, 0.5) is 0 Å². The van der Waals surface area contributed by atoms with E-state index in [1.165, 1.54) is 6.26 Å². The Morgan fingerprint density at radius 2 is 2.08 bits per heavy atom. The van der Waals surface area contributed by atoms with Crippen LogP contribution in [0, 0.1) is 0 Å². The van der Waals surface area contributed by atoms with E-state index in [2.05, 4.69) is 18.5 Å². The average molecular weight is 225 g/mol. The van der Waals surface area contributed by atoms with Crippen molar-refractivity contribution in [1.29, 1.82) is 0 Å². The molecule has 0 heterocycles. The Morgan fingerprint density at radius 3 is 2.46 bits per heavy atom. The second kappa shape index (κ2) is 6.68. The lowest BCUT2D eigenvalue weighted by Crippen LogP contribution is -2.34. The summed E-state index contributed by atoms with van der Waals surface area (Å²) in [5.41, 5.74) is 0. The lowest BCUT2D eigenvalue weighted by atomic mass is 10.2. The van der Waals surface area contributed by atoms with Gasteiger partial charge >= 0.3 is 0 Å². The molecule has 5 heteroatoms. The van der Waals surface area contributed by atoms with Gasteiger partial charge < -0.3 is 5.32 Å². The van der Waals surface area contributed by atoms with Crippen molar-refractivity contribution in [2.45, 2.75) is 19.4 Å². The second-order valence-electron chi connectivity index (χ2n) is 3.14. The van der Waals surface area contributed by atoms with Crippen molar-refractivity contribution in [2.75, 3.05) is 30.6 Å². The zero-order chi connectivity index (χ0) is 10.3. The van der Waals surface area contributed by atoms with Crippen LogP contribution in [0.1, 0.15) is 13.3 Å². The van der Waals surface area contributed by atoms with Gasteiger partial charge in [-0.15, -0.1) is 0 Å². The molecule has 0 aliphatic carbocycles. The Labute approximate surface area is 85.6 Å². The molecule has 1 unspecified atom stereocenters. The molecule has 0 amide bonds. The fourth-order valence-electron chi connectivity index (χ4n) is 0.971. The summed E-state index contributed by atoms with van der Waals surface area (Å²) in [5.74, 6) is 1.28. The molecule has 13 heavy (non-hydrogen) atoms. The monoisotopic (exact) mass is 225 g/mol. The first-order valence-electron chi connectivity index (χ1n) is 4.39. The van der Waals surface area contributed by atoms with E-state index in [1.54, 1.807) is 11.8 Å². The third-order valence-corrected chi connectivity index (χ3v) is 3.45. The van der Waals surface area contributed by atoms with Crippen molar-refractivity contribution in [3.8, 4) is 0 Å². The maximum absolute atomic E-state index is 10.8. The number of thioether (sulfide) groups is 1. The highest BCUT2D eigenvalue weighted by molar-refractivity contribution is 7.98. The molecule has 0 rings (SSSR count). The Hall–Kier alpha value is 0.260. The number of hydrogen-bond donors (Lipinski definition) is 1. The van der Waals surface area contributed by atoms with Gasteiger partial charge in [0.15, 0.2) is 0 Å². The van der Waals surface area contributed by atoms with E-state index < -0.39 is 9.84 Å². The summed E-state index contributed by atoms with van der Waals surface area (Å²) in [6.45, 7) is 2.67. The van der Waals surface area contributed by atoms with E-state index in [1.807, 2.05) is 0 Å². The molecule has 80 valence electrons. The molecule has 0 spiro atoms. The third kappa shape index (κ3) is 8.59. The van der Waals surface area contributed by atoms with Crippen molar-refractivity contribution >= 4 is 21.6 Å².